The Morgan fingerprint density at radius 1 is 0.652 bits per heavy atom. The summed E-state index contributed by atoms with van der Waals surface area (Å²) in [6.45, 7) is 3.66. The molecule has 1 aliphatic rings. The largest absolute Gasteiger partial charge is 0.462 e. The number of unbranched alkanes of at least 4 members (excludes halogenated alkanes) is 16. The number of hydrogen-bond acceptors (Lipinski definition) is 11. The van der Waals surface area contributed by atoms with E-state index in [1.807, 2.05) is 0 Å². The highest BCUT2D eigenvalue weighted by atomic mass is 32.2. The number of aliphatic hydroxyl groups excluding tert-OH is 3. The molecule has 1 aliphatic heterocycles. The maximum Gasteiger partial charge on any atom is 0.306 e. The average molecular weight is 683 g/mol. The van der Waals surface area contributed by atoms with Gasteiger partial charge >= 0.3 is 11.9 Å². The maximum absolute atomic E-state index is 12.6. The summed E-state index contributed by atoms with van der Waals surface area (Å²) in [7, 11) is -4.59. The molecule has 0 radical (unpaired) electrons. The second-order valence-corrected chi connectivity index (χ2v) is 14.0. The standard InChI is InChI=1S/C33H62O12S/c1-3-5-7-9-11-12-13-14-16-18-20-22-29(35)44-26(23-42-28(34)21-19-17-15-10-8-6-4-2)24-43-33-32(38)31(37)30(36)27(45-33)25-46(39,40)41/h26-27,30-33,36-38H,3-25H2,1-2H3,(H,39,40,41)/t26-,27-,30-,31+,32-,33-/m1/s1. The van der Waals surface area contributed by atoms with Crippen molar-refractivity contribution in [3.05, 3.63) is 0 Å². The average Bonchev–Trinajstić information content (AvgIpc) is 3.00. The molecule has 0 spiro atoms. The van der Waals surface area contributed by atoms with E-state index in [4.69, 9.17) is 23.5 Å². The Labute approximate surface area is 276 Å². The Morgan fingerprint density at radius 3 is 1.59 bits per heavy atom. The molecular formula is C33H62O12S. The van der Waals surface area contributed by atoms with Gasteiger partial charge in [-0.1, -0.05) is 117 Å². The first-order valence-electron chi connectivity index (χ1n) is 17.6. The molecule has 12 nitrogen and oxygen atoms in total. The number of aliphatic hydroxyl groups is 3. The van der Waals surface area contributed by atoms with Gasteiger partial charge < -0.3 is 34.3 Å². The third kappa shape index (κ3) is 20.8. The minimum Gasteiger partial charge on any atom is -0.462 e. The molecule has 6 atom stereocenters. The number of carbonyl (C=O) groups is 2. The molecule has 1 heterocycles. The van der Waals surface area contributed by atoms with Crippen molar-refractivity contribution < 1.29 is 56.8 Å². The lowest BCUT2D eigenvalue weighted by molar-refractivity contribution is -0.297. The van der Waals surface area contributed by atoms with Crippen LogP contribution in [0.3, 0.4) is 0 Å². The molecule has 1 saturated heterocycles. The van der Waals surface area contributed by atoms with Crippen molar-refractivity contribution in [3.63, 3.8) is 0 Å². The predicted octanol–water partition coefficient (Wildman–Crippen LogP) is 5.00. The molecule has 46 heavy (non-hydrogen) atoms. The molecule has 0 aliphatic carbocycles. The van der Waals surface area contributed by atoms with Crippen molar-refractivity contribution in [1.29, 1.82) is 0 Å². The molecule has 272 valence electrons. The molecule has 0 unspecified atom stereocenters. The number of rotatable bonds is 28. The Bertz CT molecular complexity index is 899. The monoisotopic (exact) mass is 682 g/mol. The zero-order valence-corrected chi connectivity index (χ0v) is 29.0. The first-order chi connectivity index (χ1) is 22.0. The van der Waals surface area contributed by atoms with Crippen LogP contribution in [0.15, 0.2) is 0 Å². The van der Waals surface area contributed by atoms with Crippen LogP contribution in [0.2, 0.25) is 0 Å². The quantitative estimate of drug-likeness (QED) is 0.0493. The summed E-state index contributed by atoms with van der Waals surface area (Å²) in [5.41, 5.74) is 0. The van der Waals surface area contributed by atoms with Crippen LogP contribution >= 0.6 is 0 Å². The van der Waals surface area contributed by atoms with Crippen molar-refractivity contribution in [2.45, 2.75) is 179 Å². The summed E-state index contributed by atoms with van der Waals surface area (Å²) in [6, 6.07) is 0. The number of ether oxygens (including phenoxy) is 4. The smallest absolute Gasteiger partial charge is 0.306 e. The van der Waals surface area contributed by atoms with Crippen molar-refractivity contribution >= 4 is 22.1 Å². The van der Waals surface area contributed by atoms with Crippen molar-refractivity contribution in [2.75, 3.05) is 19.0 Å². The van der Waals surface area contributed by atoms with Crippen LogP contribution in [0.1, 0.15) is 142 Å². The third-order valence-electron chi connectivity index (χ3n) is 8.19. The van der Waals surface area contributed by atoms with Crippen molar-refractivity contribution in [1.82, 2.24) is 0 Å². The topological polar surface area (TPSA) is 186 Å². The highest BCUT2D eigenvalue weighted by Gasteiger charge is 2.46. The van der Waals surface area contributed by atoms with E-state index < -0.39 is 71.2 Å². The molecule has 13 heteroatoms. The zero-order chi connectivity index (χ0) is 34.2. The van der Waals surface area contributed by atoms with Gasteiger partial charge in [-0.05, 0) is 12.8 Å². The van der Waals surface area contributed by atoms with Gasteiger partial charge in [-0.15, -0.1) is 0 Å². The van der Waals surface area contributed by atoms with Gasteiger partial charge in [-0.25, -0.2) is 0 Å². The third-order valence-corrected chi connectivity index (χ3v) is 8.94. The second-order valence-electron chi connectivity index (χ2n) is 12.5. The lowest BCUT2D eigenvalue weighted by Gasteiger charge is -2.40. The summed E-state index contributed by atoms with van der Waals surface area (Å²) in [6.07, 6.45) is 10.6. The number of hydrogen-bond donors (Lipinski definition) is 4. The van der Waals surface area contributed by atoms with Gasteiger partial charge in [-0.2, -0.15) is 8.42 Å². The van der Waals surface area contributed by atoms with Crippen molar-refractivity contribution in [3.8, 4) is 0 Å². The Hall–Kier alpha value is -1.35. The van der Waals surface area contributed by atoms with Gasteiger partial charge in [0.1, 0.15) is 36.8 Å². The molecule has 0 bridgehead atoms. The summed E-state index contributed by atoms with van der Waals surface area (Å²) in [5.74, 6) is -1.98. The molecule has 0 aromatic heterocycles. The summed E-state index contributed by atoms with van der Waals surface area (Å²) >= 11 is 0. The highest BCUT2D eigenvalue weighted by molar-refractivity contribution is 7.85. The van der Waals surface area contributed by atoms with Gasteiger partial charge in [0, 0.05) is 12.8 Å². The molecule has 1 fully saturated rings. The van der Waals surface area contributed by atoms with E-state index in [1.54, 1.807) is 0 Å². The van der Waals surface area contributed by atoms with E-state index >= 15 is 0 Å². The number of carbonyl (C=O) groups excluding carboxylic acids is 2. The first-order valence-corrected chi connectivity index (χ1v) is 19.2. The molecule has 0 saturated carbocycles. The van der Waals surface area contributed by atoms with E-state index in [2.05, 4.69) is 13.8 Å². The van der Waals surface area contributed by atoms with Gasteiger partial charge in [-0.3, -0.25) is 14.1 Å². The first kappa shape index (κ1) is 42.7. The lowest BCUT2D eigenvalue weighted by Crippen LogP contribution is -2.60. The minimum absolute atomic E-state index is 0.170. The molecule has 0 amide bonds. The summed E-state index contributed by atoms with van der Waals surface area (Å²) in [4.78, 5) is 25.0. The van der Waals surface area contributed by atoms with E-state index in [0.717, 1.165) is 38.5 Å². The maximum atomic E-state index is 12.6. The Balaban J connectivity index is 2.57. The van der Waals surface area contributed by atoms with Crippen LogP contribution in [0.25, 0.3) is 0 Å². The van der Waals surface area contributed by atoms with Gasteiger partial charge in [0.2, 0.25) is 0 Å². The van der Waals surface area contributed by atoms with E-state index in [0.29, 0.717) is 12.8 Å². The summed E-state index contributed by atoms with van der Waals surface area (Å²) in [5, 5.41) is 30.6. The van der Waals surface area contributed by atoms with Gasteiger partial charge in [0.05, 0.1) is 6.61 Å². The Morgan fingerprint density at radius 2 is 1.11 bits per heavy atom. The SMILES string of the molecule is CCCCCCCCCCCCCC(=O)O[C@H](COC(=O)CCCCCCCCC)CO[C@@H]1O[C@H](CS(=O)(=O)O)[C@@H](O)[C@H](O)[C@H]1O. The van der Waals surface area contributed by atoms with E-state index in [-0.39, 0.29) is 19.4 Å². The van der Waals surface area contributed by atoms with Crippen LogP contribution in [0.4, 0.5) is 0 Å². The van der Waals surface area contributed by atoms with Crippen molar-refractivity contribution in [2.24, 2.45) is 0 Å². The second kappa shape index (κ2) is 25.6. The Kier molecular flexibility index (Phi) is 23.8. The molecule has 4 N–H and O–H groups in total. The van der Waals surface area contributed by atoms with Gasteiger partial charge in [0.15, 0.2) is 12.4 Å². The zero-order valence-electron chi connectivity index (χ0n) is 28.2. The van der Waals surface area contributed by atoms with Crippen LogP contribution < -0.4 is 0 Å². The normalized spacial score (nSPS) is 22.4. The van der Waals surface area contributed by atoms with Crippen LogP contribution in [0, 0.1) is 0 Å². The molecule has 0 aromatic rings. The molecule has 0 aromatic carbocycles. The fourth-order valence-corrected chi connectivity index (χ4v) is 6.07. The lowest BCUT2D eigenvalue weighted by atomic mass is 10.00. The summed E-state index contributed by atoms with van der Waals surface area (Å²) < 4.78 is 53.5. The fraction of sp³-hybridized carbons (Fsp3) is 0.939. The van der Waals surface area contributed by atoms with E-state index in [9.17, 15) is 33.3 Å². The van der Waals surface area contributed by atoms with Crippen LogP contribution in [-0.4, -0.2) is 96.0 Å². The van der Waals surface area contributed by atoms with Crippen LogP contribution in [-0.2, 0) is 38.7 Å². The number of esters is 2. The molecular weight excluding hydrogens is 620 g/mol. The fourth-order valence-electron chi connectivity index (χ4n) is 5.38. The van der Waals surface area contributed by atoms with Crippen LogP contribution in [0.5, 0.6) is 0 Å². The predicted molar refractivity (Wildman–Crippen MR) is 174 cm³/mol. The minimum atomic E-state index is -4.59. The van der Waals surface area contributed by atoms with Gasteiger partial charge in [0.25, 0.3) is 10.1 Å². The highest BCUT2D eigenvalue weighted by Crippen LogP contribution is 2.24. The van der Waals surface area contributed by atoms with E-state index in [1.165, 1.54) is 64.2 Å². The molecule has 1 rings (SSSR count).